The molecule has 0 aliphatic carbocycles. The molecule has 2 nitrogen and oxygen atoms in total. The molecule has 90 valence electrons. The molecule has 0 bridgehead atoms. The molecule has 1 atom stereocenters. The molecule has 2 aliphatic heterocycles. The van der Waals surface area contributed by atoms with Crippen molar-refractivity contribution in [2.45, 2.75) is 46.0 Å². The third-order valence-electron chi connectivity index (χ3n) is 3.83. The van der Waals surface area contributed by atoms with Crippen LogP contribution in [-0.2, 0) is 0 Å². The van der Waals surface area contributed by atoms with Crippen LogP contribution in [-0.4, -0.2) is 38.1 Å². The smallest absolute Gasteiger partial charge is 0.000830 e. The maximum absolute atomic E-state index is 3.57. The van der Waals surface area contributed by atoms with E-state index in [-0.39, 0.29) is 0 Å². The molecule has 2 heteroatoms. The highest BCUT2D eigenvalue weighted by Gasteiger charge is 2.32. The van der Waals surface area contributed by atoms with Crippen molar-refractivity contribution in [2.75, 3.05) is 33.2 Å². The Morgan fingerprint density at radius 3 is 2.40 bits per heavy atom. The van der Waals surface area contributed by atoms with Gasteiger partial charge in [0.25, 0.3) is 0 Å². The maximum atomic E-state index is 3.57. The minimum Gasteiger partial charge on any atom is -0.316 e. The molecule has 1 spiro atoms. The summed E-state index contributed by atoms with van der Waals surface area (Å²) in [6.07, 6.45) is 7.12. The lowest BCUT2D eigenvalue weighted by Gasteiger charge is -2.37. The summed E-state index contributed by atoms with van der Waals surface area (Å²) in [7, 11) is 2.26. The molecular formula is C13H28N2. The molecule has 1 N–H and O–H groups in total. The predicted molar refractivity (Wildman–Crippen MR) is 67.2 cm³/mol. The Kier molecular flexibility index (Phi) is 5.62. The number of likely N-dealkylation sites (tertiary alicyclic amines) is 1. The molecule has 2 heterocycles. The van der Waals surface area contributed by atoms with Gasteiger partial charge in [-0.2, -0.15) is 0 Å². The molecule has 2 aliphatic rings. The minimum atomic E-state index is 0.670. The fourth-order valence-electron chi connectivity index (χ4n) is 2.85. The summed E-state index contributed by atoms with van der Waals surface area (Å²) >= 11 is 0. The second kappa shape index (κ2) is 6.49. The van der Waals surface area contributed by atoms with E-state index in [0.29, 0.717) is 5.41 Å². The molecule has 1 unspecified atom stereocenters. The summed E-state index contributed by atoms with van der Waals surface area (Å²) in [4.78, 5) is 2.49. The van der Waals surface area contributed by atoms with Crippen molar-refractivity contribution < 1.29 is 0 Å². The van der Waals surface area contributed by atoms with Crippen LogP contribution in [0.15, 0.2) is 0 Å². The number of hydrogen-bond donors (Lipinski definition) is 1. The number of rotatable bonds is 0. The zero-order chi connectivity index (χ0) is 11.1. The van der Waals surface area contributed by atoms with Crippen LogP contribution in [0.5, 0.6) is 0 Å². The first-order valence-electron chi connectivity index (χ1n) is 6.70. The van der Waals surface area contributed by atoms with Gasteiger partial charge in [0.05, 0.1) is 0 Å². The van der Waals surface area contributed by atoms with Crippen LogP contribution in [0.3, 0.4) is 0 Å². The highest BCUT2D eigenvalue weighted by molar-refractivity contribution is 4.88. The minimum absolute atomic E-state index is 0.670. The maximum Gasteiger partial charge on any atom is 0.000830 e. The van der Waals surface area contributed by atoms with Crippen molar-refractivity contribution in [3.8, 4) is 0 Å². The van der Waals surface area contributed by atoms with Gasteiger partial charge in [-0.05, 0) is 64.2 Å². The lowest BCUT2D eigenvalue weighted by Crippen LogP contribution is -2.40. The fourth-order valence-corrected chi connectivity index (χ4v) is 2.85. The first-order chi connectivity index (χ1) is 7.31. The Balaban J connectivity index is 0.000000531. The SMILES string of the molecule is CC.CN1CCCC2(CCCNC2)CC1. The highest BCUT2D eigenvalue weighted by Crippen LogP contribution is 2.36. The van der Waals surface area contributed by atoms with Crippen molar-refractivity contribution >= 4 is 0 Å². The predicted octanol–water partition coefficient (Wildman–Crippen LogP) is 2.50. The molecule has 0 saturated carbocycles. The van der Waals surface area contributed by atoms with E-state index in [2.05, 4.69) is 17.3 Å². The monoisotopic (exact) mass is 212 g/mol. The van der Waals surface area contributed by atoms with Gasteiger partial charge >= 0.3 is 0 Å². The van der Waals surface area contributed by atoms with Gasteiger partial charge in [-0.25, -0.2) is 0 Å². The summed E-state index contributed by atoms with van der Waals surface area (Å²) in [5.41, 5.74) is 0.670. The standard InChI is InChI=1S/C11H22N2.C2H6/c1-13-8-3-5-11(6-9-13)4-2-7-12-10-11;1-2/h12H,2-10H2,1H3;1-2H3. The van der Waals surface area contributed by atoms with E-state index < -0.39 is 0 Å². The van der Waals surface area contributed by atoms with Crippen molar-refractivity contribution in [1.82, 2.24) is 10.2 Å². The highest BCUT2D eigenvalue weighted by atomic mass is 15.1. The zero-order valence-corrected chi connectivity index (χ0v) is 10.8. The van der Waals surface area contributed by atoms with E-state index in [9.17, 15) is 0 Å². The van der Waals surface area contributed by atoms with E-state index in [1.807, 2.05) is 13.8 Å². The topological polar surface area (TPSA) is 15.3 Å². The number of nitrogens with one attached hydrogen (secondary N) is 1. The Labute approximate surface area is 95.4 Å². The van der Waals surface area contributed by atoms with E-state index in [1.165, 1.54) is 58.3 Å². The summed E-state index contributed by atoms with van der Waals surface area (Å²) in [5.74, 6) is 0. The second-order valence-electron chi connectivity index (χ2n) is 4.94. The fraction of sp³-hybridized carbons (Fsp3) is 1.00. The molecule has 0 aromatic rings. The Bertz CT molecular complexity index is 162. The van der Waals surface area contributed by atoms with Gasteiger partial charge in [-0.15, -0.1) is 0 Å². The largest absolute Gasteiger partial charge is 0.316 e. The summed E-state index contributed by atoms with van der Waals surface area (Å²) in [6.45, 7) is 9.14. The average molecular weight is 212 g/mol. The van der Waals surface area contributed by atoms with Gasteiger partial charge in [0.1, 0.15) is 0 Å². The number of hydrogen-bond acceptors (Lipinski definition) is 2. The Hall–Kier alpha value is -0.0800. The molecular weight excluding hydrogens is 184 g/mol. The van der Waals surface area contributed by atoms with Gasteiger partial charge < -0.3 is 10.2 Å². The lowest BCUT2D eigenvalue weighted by molar-refractivity contribution is 0.178. The van der Waals surface area contributed by atoms with Crippen LogP contribution >= 0.6 is 0 Å². The van der Waals surface area contributed by atoms with Crippen LogP contribution in [0.2, 0.25) is 0 Å². The van der Waals surface area contributed by atoms with Crippen LogP contribution < -0.4 is 5.32 Å². The molecule has 0 aromatic carbocycles. The van der Waals surface area contributed by atoms with Crippen molar-refractivity contribution in [3.63, 3.8) is 0 Å². The first-order valence-corrected chi connectivity index (χ1v) is 6.70. The van der Waals surface area contributed by atoms with Gasteiger partial charge in [0, 0.05) is 6.54 Å². The van der Waals surface area contributed by atoms with Gasteiger partial charge in [0.2, 0.25) is 0 Å². The normalized spacial score (nSPS) is 33.0. The van der Waals surface area contributed by atoms with Crippen LogP contribution in [0.25, 0.3) is 0 Å². The van der Waals surface area contributed by atoms with E-state index in [0.717, 1.165) is 0 Å². The van der Waals surface area contributed by atoms with Gasteiger partial charge in [0.15, 0.2) is 0 Å². The second-order valence-corrected chi connectivity index (χ2v) is 4.94. The quantitative estimate of drug-likeness (QED) is 0.664. The first kappa shape index (κ1) is 13.0. The molecule has 2 fully saturated rings. The number of nitrogens with zero attached hydrogens (tertiary/aromatic N) is 1. The van der Waals surface area contributed by atoms with Crippen molar-refractivity contribution in [3.05, 3.63) is 0 Å². The van der Waals surface area contributed by atoms with Crippen molar-refractivity contribution in [2.24, 2.45) is 5.41 Å². The van der Waals surface area contributed by atoms with Crippen LogP contribution in [0.4, 0.5) is 0 Å². The molecule has 0 aromatic heterocycles. The zero-order valence-electron chi connectivity index (χ0n) is 10.8. The average Bonchev–Trinajstić information content (AvgIpc) is 2.46. The third kappa shape index (κ3) is 3.76. The molecule has 0 amide bonds. The molecule has 15 heavy (non-hydrogen) atoms. The van der Waals surface area contributed by atoms with E-state index >= 15 is 0 Å². The Morgan fingerprint density at radius 1 is 1.00 bits per heavy atom. The molecule has 2 rings (SSSR count). The van der Waals surface area contributed by atoms with Gasteiger partial charge in [-0.3, -0.25) is 0 Å². The number of piperidine rings is 1. The molecule has 2 saturated heterocycles. The van der Waals surface area contributed by atoms with Gasteiger partial charge in [-0.1, -0.05) is 13.8 Å². The molecule has 0 radical (unpaired) electrons. The van der Waals surface area contributed by atoms with E-state index in [4.69, 9.17) is 0 Å². The van der Waals surface area contributed by atoms with Crippen LogP contribution in [0, 0.1) is 5.41 Å². The van der Waals surface area contributed by atoms with Crippen molar-refractivity contribution in [1.29, 1.82) is 0 Å². The summed E-state index contributed by atoms with van der Waals surface area (Å²) in [6, 6.07) is 0. The van der Waals surface area contributed by atoms with E-state index in [1.54, 1.807) is 0 Å². The third-order valence-corrected chi connectivity index (χ3v) is 3.83. The van der Waals surface area contributed by atoms with Crippen LogP contribution in [0.1, 0.15) is 46.0 Å². The summed E-state index contributed by atoms with van der Waals surface area (Å²) in [5, 5.41) is 3.57. The lowest BCUT2D eigenvalue weighted by atomic mass is 9.75. The summed E-state index contributed by atoms with van der Waals surface area (Å²) < 4.78 is 0. The Morgan fingerprint density at radius 2 is 1.73 bits per heavy atom.